The second-order valence-corrected chi connectivity index (χ2v) is 6.60. The summed E-state index contributed by atoms with van der Waals surface area (Å²) in [5.74, 6) is 1.14. The van der Waals surface area contributed by atoms with Crippen molar-refractivity contribution in [2.45, 2.75) is 32.2 Å². The third kappa shape index (κ3) is 2.62. The third-order valence-electron chi connectivity index (χ3n) is 5.23. The minimum atomic E-state index is -0.0111. The highest BCUT2D eigenvalue weighted by Gasteiger charge is 2.43. The highest BCUT2D eigenvalue weighted by atomic mass is 16.5. The van der Waals surface area contributed by atoms with Crippen LogP contribution in [0.5, 0.6) is 5.75 Å². The maximum atomic E-state index is 12.6. The summed E-state index contributed by atoms with van der Waals surface area (Å²) in [6.45, 7) is 1.89. The molecule has 0 N–H and O–H groups in total. The van der Waals surface area contributed by atoms with Crippen molar-refractivity contribution < 1.29 is 9.53 Å². The van der Waals surface area contributed by atoms with E-state index in [1.807, 2.05) is 31.2 Å². The lowest BCUT2D eigenvalue weighted by atomic mass is 9.77. The predicted octanol–water partition coefficient (Wildman–Crippen LogP) is 3.96. The van der Waals surface area contributed by atoms with E-state index in [0.29, 0.717) is 6.42 Å². The molecule has 128 valence electrons. The Bertz CT molecular complexity index is 829. The molecule has 2 aromatic rings. The Morgan fingerprint density at radius 1 is 1.24 bits per heavy atom. The van der Waals surface area contributed by atoms with Gasteiger partial charge in [-0.25, -0.2) is 5.01 Å². The van der Waals surface area contributed by atoms with Crippen molar-refractivity contribution in [1.29, 1.82) is 0 Å². The first-order chi connectivity index (χ1) is 12.2. The van der Waals surface area contributed by atoms with Crippen LogP contribution in [0.25, 0.3) is 0 Å². The van der Waals surface area contributed by atoms with E-state index in [-0.39, 0.29) is 17.9 Å². The molecule has 4 nitrogen and oxygen atoms in total. The summed E-state index contributed by atoms with van der Waals surface area (Å²) in [6, 6.07) is 16.4. The fourth-order valence-electron chi connectivity index (χ4n) is 3.97. The number of amides is 1. The molecule has 0 fully saturated rings. The smallest absolute Gasteiger partial charge is 0.242 e. The van der Waals surface area contributed by atoms with Crippen molar-refractivity contribution >= 4 is 11.6 Å². The van der Waals surface area contributed by atoms with Crippen LogP contribution in [-0.2, 0) is 11.2 Å². The van der Waals surface area contributed by atoms with Crippen LogP contribution in [0.4, 0.5) is 0 Å². The molecule has 0 aromatic heterocycles. The van der Waals surface area contributed by atoms with Crippen LogP contribution in [0.1, 0.15) is 42.5 Å². The summed E-state index contributed by atoms with van der Waals surface area (Å²) >= 11 is 0. The van der Waals surface area contributed by atoms with Crippen LogP contribution in [-0.4, -0.2) is 23.7 Å². The average molecular weight is 334 g/mol. The lowest BCUT2D eigenvalue weighted by Crippen LogP contribution is -2.31. The fourth-order valence-corrected chi connectivity index (χ4v) is 3.97. The van der Waals surface area contributed by atoms with Crippen molar-refractivity contribution in [1.82, 2.24) is 5.01 Å². The summed E-state index contributed by atoms with van der Waals surface area (Å²) in [5.41, 5.74) is 4.59. The molecular weight excluding hydrogens is 312 g/mol. The van der Waals surface area contributed by atoms with E-state index in [2.05, 4.69) is 24.3 Å². The van der Waals surface area contributed by atoms with Crippen LogP contribution in [0, 0.1) is 5.92 Å². The Hall–Kier alpha value is -2.62. The van der Waals surface area contributed by atoms with E-state index in [1.54, 1.807) is 12.1 Å². The molecule has 4 rings (SSSR count). The monoisotopic (exact) mass is 334 g/mol. The Morgan fingerprint density at radius 3 is 2.76 bits per heavy atom. The number of hydrazone groups is 1. The maximum Gasteiger partial charge on any atom is 0.242 e. The van der Waals surface area contributed by atoms with Crippen LogP contribution in [0.3, 0.4) is 0 Å². The number of aryl methyl sites for hydroxylation is 1. The molecule has 0 bridgehead atoms. The number of methoxy groups -OCH3 is 1. The SMILES string of the molecule is CCC(=O)N1N=C2c3cc(OC)ccc3CC[C@@H]2[C@H]1c1ccccc1. The van der Waals surface area contributed by atoms with Gasteiger partial charge in [-0.05, 0) is 36.1 Å². The van der Waals surface area contributed by atoms with E-state index in [0.717, 1.165) is 35.4 Å². The zero-order valence-corrected chi connectivity index (χ0v) is 14.6. The number of ether oxygens (including phenoxy) is 1. The van der Waals surface area contributed by atoms with Gasteiger partial charge in [-0.1, -0.05) is 43.3 Å². The largest absolute Gasteiger partial charge is 0.497 e. The van der Waals surface area contributed by atoms with Gasteiger partial charge in [-0.15, -0.1) is 0 Å². The van der Waals surface area contributed by atoms with Crippen molar-refractivity contribution in [3.63, 3.8) is 0 Å². The summed E-state index contributed by atoms with van der Waals surface area (Å²) in [4.78, 5) is 12.6. The van der Waals surface area contributed by atoms with Crippen LogP contribution < -0.4 is 4.74 Å². The van der Waals surface area contributed by atoms with E-state index in [4.69, 9.17) is 9.84 Å². The Kier molecular flexibility index (Phi) is 4.04. The number of benzene rings is 2. The minimum absolute atomic E-state index is 0.0111. The molecule has 1 amide bonds. The normalized spacial score (nSPS) is 21.4. The lowest BCUT2D eigenvalue weighted by Gasteiger charge is -2.29. The van der Waals surface area contributed by atoms with Crippen LogP contribution in [0.15, 0.2) is 53.6 Å². The number of hydrogen-bond acceptors (Lipinski definition) is 3. The number of fused-ring (bicyclic) bond motifs is 3. The van der Waals surface area contributed by atoms with Crippen molar-refractivity contribution in [3.05, 3.63) is 65.2 Å². The number of carbonyl (C=O) groups excluding carboxylic acids is 1. The van der Waals surface area contributed by atoms with Gasteiger partial charge in [0.05, 0.1) is 18.9 Å². The Morgan fingerprint density at radius 2 is 2.04 bits per heavy atom. The van der Waals surface area contributed by atoms with E-state index < -0.39 is 0 Å². The van der Waals surface area contributed by atoms with Gasteiger partial charge in [0.2, 0.25) is 5.91 Å². The Balaban J connectivity index is 1.81. The Labute approximate surface area is 148 Å². The quantitative estimate of drug-likeness (QED) is 0.853. The van der Waals surface area contributed by atoms with Crippen molar-refractivity contribution in [2.75, 3.05) is 7.11 Å². The number of hydrogen-bond donors (Lipinski definition) is 0. The molecule has 2 atom stereocenters. The average Bonchev–Trinajstić information content (AvgIpc) is 3.07. The highest BCUT2D eigenvalue weighted by Crippen LogP contribution is 2.44. The fraction of sp³-hybridized carbons (Fsp3) is 0.333. The molecule has 0 saturated heterocycles. The lowest BCUT2D eigenvalue weighted by molar-refractivity contribution is -0.133. The standard InChI is InChI=1S/C21H22N2O2/c1-3-19(24)23-21(15-7-5-4-6-8-15)17-12-10-14-9-11-16(25-2)13-18(14)20(17)22-23/h4-9,11,13,17,21H,3,10,12H2,1-2H3/t17-,21+/m0/s1. The zero-order chi connectivity index (χ0) is 17.4. The minimum Gasteiger partial charge on any atom is -0.497 e. The number of carbonyl (C=O) groups is 1. The number of rotatable bonds is 3. The summed E-state index contributed by atoms with van der Waals surface area (Å²) in [5, 5.41) is 6.51. The van der Waals surface area contributed by atoms with Gasteiger partial charge in [0.25, 0.3) is 0 Å². The van der Waals surface area contributed by atoms with Gasteiger partial charge in [0.15, 0.2) is 0 Å². The molecule has 0 unspecified atom stereocenters. The molecule has 25 heavy (non-hydrogen) atoms. The zero-order valence-electron chi connectivity index (χ0n) is 14.6. The van der Waals surface area contributed by atoms with Gasteiger partial charge in [-0.2, -0.15) is 5.10 Å². The summed E-state index contributed by atoms with van der Waals surface area (Å²) in [6.07, 6.45) is 2.46. The predicted molar refractivity (Wildman–Crippen MR) is 97.7 cm³/mol. The van der Waals surface area contributed by atoms with Gasteiger partial charge in [0.1, 0.15) is 5.75 Å². The molecular formula is C21H22N2O2. The molecule has 0 radical (unpaired) electrons. The van der Waals surface area contributed by atoms with Crippen LogP contribution in [0.2, 0.25) is 0 Å². The van der Waals surface area contributed by atoms with Crippen LogP contribution >= 0.6 is 0 Å². The molecule has 2 aliphatic rings. The van der Waals surface area contributed by atoms with Crippen molar-refractivity contribution in [2.24, 2.45) is 11.0 Å². The molecule has 0 spiro atoms. The molecule has 1 aliphatic carbocycles. The second-order valence-electron chi connectivity index (χ2n) is 6.60. The van der Waals surface area contributed by atoms with Gasteiger partial charge in [-0.3, -0.25) is 4.79 Å². The third-order valence-corrected chi connectivity index (χ3v) is 5.23. The summed E-state index contributed by atoms with van der Waals surface area (Å²) < 4.78 is 5.40. The first-order valence-corrected chi connectivity index (χ1v) is 8.85. The number of nitrogens with zero attached hydrogens (tertiary/aromatic N) is 2. The van der Waals surface area contributed by atoms with Gasteiger partial charge < -0.3 is 4.74 Å². The van der Waals surface area contributed by atoms with E-state index in [9.17, 15) is 4.79 Å². The van der Waals surface area contributed by atoms with E-state index >= 15 is 0 Å². The van der Waals surface area contributed by atoms with Crippen molar-refractivity contribution in [3.8, 4) is 5.75 Å². The van der Waals surface area contributed by atoms with Gasteiger partial charge >= 0.3 is 0 Å². The highest BCUT2D eigenvalue weighted by molar-refractivity contribution is 6.07. The second kappa shape index (κ2) is 6.36. The molecule has 4 heteroatoms. The topological polar surface area (TPSA) is 41.9 Å². The molecule has 0 saturated carbocycles. The van der Waals surface area contributed by atoms with Gasteiger partial charge in [0, 0.05) is 17.9 Å². The molecule has 1 heterocycles. The molecule has 2 aromatic carbocycles. The summed E-state index contributed by atoms with van der Waals surface area (Å²) in [7, 11) is 1.68. The first kappa shape index (κ1) is 15.9. The molecule has 1 aliphatic heterocycles. The first-order valence-electron chi connectivity index (χ1n) is 8.85. The van der Waals surface area contributed by atoms with E-state index in [1.165, 1.54) is 5.56 Å². The maximum absolute atomic E-state index is 12.6.